The number of benzene rings is 1. The molecule has 0 saturated carbocycles. The van der Waals surface area contributed by atoms with Crippen molar-refractivity contribution in [3.05, 3.63) is 30.3 Å². The highest BCUT2D eigenvalue weighted by molar-refractivity contribution is 7.91. The van der Waals surface area contributed by atoms with Gasteiger partial charge in [0.25, 0.3) is 0 Å². The average Bonchev–Trinajstić information content (AvgIpc) is 2.28. The van der Waals surface area contributed by atoms with Crippen LogP contribution in [0, 0.1) is 0 Å². The van der Waals surface area contributed by atoms with Crippen LogP contribution in [0.25, 0.3) is 0 Å². The molecule has 0 spiro atoms. The minimum absolute atomic E-state index is 0.143. The molecule has 0 radical (unpaired) electrons. The third-order valence-corrected chi connectivity index (χ3v) is 4.20. The molecular weight excluding hydrogens is 252 g/mol. The number of carbonyl (C=O) groups is 1. The van der Waals surface area contributed by atoms with E-state index >= 15 is 0 Å². The summed E-state index contributed by atoms with van der Waals surface area (Å²) in [6, 6.07) is 7.83. The second kappa shape index (κ2) is 5.32. The molecule has 0 bridgehead atoms. The molecule has 16 heavy (non-hydrogen) atoms. The lowest BCUT2D eigenvalue weighted by Gasteiger charge is -2.08. The van der Waals surface area contributed by atoms with Crippen LogP contribution in [0.1, 0.15) is 0 Å². The largest absolute Gasteiger partial charge is 0.468 e. The molecule has 0 N–H and O–H groups in total. The zero-order valence-corrected chi connectivity index (χ0v) is 10.2. The summed E-state index contributed by atoms with van der Waals surface area (Å²) in [5, 5.41) is -1.18. The molecule has 0 aliphatic carbocycles. The first-order valence-electron chi connectivity index (χ1n) is 4.47. The third kappa shape index (κ3) is 3.21. The Balaban J connectivity index is 2.85. The number of rotatable bonds is 4. The van der Waals surface area contributed by atoms with Gasteiger partial charge in [0.2, 0.25) is 0 Å². The van der Waals surface area contributed by atoms with Gasteiger partial charge in [0.15, 0.2) is 9.84 Å². The van der Waals surface area contributed by atoms with E-state index in [1.54, 1.807) is 18.2 Å². The summed E-state index contributed by atoms with van der Waals surface area (Å²) in [4.78, 5) is 11.1. The second-order valence-electron chi connectivity index (χ2n) is 3.09. The molecule has 0 saturated heterocycles. The Labute approximate surface area is 99.1 Å². The number of carbonyl (C=O) groups excluding carboxylic acids is 1. The Morgan fingerprint density at radius 1 is 1.38 bits per heavy atom. The first-order chi connectivity index (χ1) is 7.47. The topological polar surface area (TPSA) is 60.4 Å². The summed E-state index contributed by atoms with van der Waals surface area (Å²) in [6.07, 6.45) is 0. The van der Waals surface area contributed by atoms with Gasteiger partial charge in [-0.15, -0.1) is 11.6 Å². The third-order valence-electron chi connectivity index (χ3n) is 1.93. The van der Waals surface area contributed by atoms with Crippen LogP contribution in [0.15, 0.2) is 35.2 Å². The van der Waals surface area contributed by atoms with Gasteiger partial charge in [0, 0.05) is 0 Å². The number of hydrogen-bond donors (Lipinski definition) is 0. The van der Waals surface area contributed by atoms with Gasteiger partial charge >= 0.3 is 5.97 Å². The maximum absolute atomic E-state index is 11.8. The fraction of sp³-hybridized carbons (Fsp3) is 0.300. The van der Waals surface area contributed by atoms with Crippen LogP contribution in [0.3, 0.4) is 0 Å². The highest BCUT2D eigenvalue weighted by Crippen LogP contribution is 2.14. The Morgan fingerprint density at radius 2 is 1.94 bits per heavy atom. The summed E-state index contributed by atoms with van der Waals surface area (Å²) in [7, 11) is -2.39. The van der Waals surface area contributed by atoms with Crippen LogP contribution >= 0.6 is 11.6 Å². The Kier molecular flexibility index (Phi) is 4.32. The van der Waals surface area contributed by atoms with Crippen molar-refractivity contribution < 1.29 is 17.9 Å². The van der Waals surface area contributed by atoms with Crippen LogP contribution in [0.2, 0.25) is 0 Å². The van der Waals surface area contributed by atoms with Crippen molar-refractivity contribution in [1.82, 2.24) is 0 Å². The quantitative estimate of drug-likeness (QED) is 0.605. The normalized spacial score (nSPS) is 13.1. The maximum atomic E-state index is 11.8. The molecule has 0 amide bonds. The van der Waals surface area contributed by atoms with Crippen molar-refractivity contribution in [3.8, 4) is 0 Å². The van der Waals surface area contributed by atoms with Crippen molar-refractivity contribution in [1.29, 1.82) is 0 Å². The molecule has 1 atom stereocenters. The number of sulfone groups is 1. The van der Waals surface area contributed by atoms with E-state index in [2.05, 4.69) is 4.74 Å². The molecule has 88 valence electrons. The standard InChI is InChI=1S/C10H11ClO4S/c1-15-10(12)9(11)7-16(13,14)8-5-3-2-4-6-8/h2-6,9H,7H2,1H3. The number of halogens is 1. The van der Waals surface area contributed by atoms with E-state index in [0.29, 0.717) is 0 Å². The maximum Gasteiger partial charge on any atom is 0.324 e. The Hall–Kier alpha value is -1.07. The zero-order valence-electron chi connectivity index (χ0n) is 8.59. The molecule has 0 heterocycles. The minimum atomic E-state index is -3.55. The summed E-state index contributed by atoms with van der Waals surface area (Å²) < 4.78 is 27.9. The predicted molar refractivity (Wildman–Crippen MR) is 60.2 cm³/mol. The first-order valence-corrected chi connectivity index (χ1v) is 6.56. The molecule has 1 aromatic carbocycles. The van der Waals surface area contributed by atoms with E-state index in [-0.39, 0.29) is 4.90 Å². The van der Waals surface area contributed by atoms with E-state index in [4.69, 9.17) is 11.6 Å². The van der Waals surface area contributed by atoms with Gasteiger partial charge in [0.05, 0.1) is 17.8 Å². The molecule has 4 nitrogen and oxygen atoms in total. The summed E-state index contributed by atoms with van der Waals surface area (Å²) in [5.41, 5.74) is 0. The molecule has 0 aliphatic rings. The van der Waals surface area contributed by atoms with Crippen molar-refractivity contribution in [2.24, 2.45) is 0 Å². The van der Waals surface area contributed by atoms with Gasteiger partial charge in [-0.2, -0.15) is 0 Å². The van der Waals surface area contributed by atoms with Gasteiger partial charge in [-0.3, -0.25) is 4.79 Å². The molecule has 0 fully saturated rings. The SMILES string of the molecule is COC(=O)C(Cl)CS(=O)(=O)c1ccccc1. The summed E-state index contributed by atoms with van der Waals surface area (Å²) >= 11 is 5.61. The second-order valence-corrected chi connectivity index (χ2v) is 5.65. The lowest BCUT2D eigenvalue weighted by molar-refractivity contribution is -0.139. The van der Waals surface area contributed by atoms with Crippen molar-refractivity contribution in [2.75, 3.05) is 12.9 Å². The number of esters is 1. The smallest absolute Gasteiger partial charge is 0.324 e. The number of ether oxygens (including phenoxy) is 1. The molecule has 1 unspecified atom stereocenters. The molecule has 1 aromatic rings. The lowest BCUT2D eigenvalue weighted by Crippen LogP contribution is -2.25. The molecule has 1 rings (SSSR count). The lowest BCUT2D eigenvalue weighted by atomic mass is 10.4. The van der Waals surface area contributed by atoms with Crippen molar-refractivity contribution in [2.45, 2.75) is 10.3 Å². The predicted octanol–water partition coefficient (Wildman–Crippen LogP) is 1.24. The van der Waals surface area contributed by atoms with Gasteiger partial charge in [-0.05, 0) is 12.1 Å². The molecular formula is C10H11ClO4S. The van der Waals surface area contributed by atoms with Gasteiger partial charge in [-0.1, -0.05) is 18.2 Å². The van der Waals surface area contributed by atoms with Crippen LogP contribution in [0.5, 0.6) is 0 Å². The van der Waals surface area contributed by atoms with Gasteiger partial charge in [0.1, 0.15) is 5.38 Å². The number of hydrogen-bond acceptors (Lipinski definition) is 4. The zero-order chi connectivity index (χ0) is 12.2. The van der Waals surface area contributed by atoms with E-state index in [0.717, 1.165) is 7.11 Å². The monoisotopic (exact) mass is 262 g/mol. The number of alkyl halides is 1. The van der Waals surface area contributed by atoms with E-state index < -0.39 is 26.9 Å². The highest BCUT2D eigenvalue weighted by Gasteiger charge is 2.25. The van der Waals surface area contributed by atoms with E-state index in [1.165, 1.54) is 12.1 Å². The number of methoxy groups -OCH3 is 1. The first kappa shape index (κ1) is 13.0. The Bertz CT molecular complexity index is 455. The fourth-order valence-electron chi connectivity index (χ4n) is 1.11. The van der Waals surface area contributed by atoms with E-state index in [1.807, 2.05) is 0 Å². The summed E-state index contributed by atoms with van der Waals surface area (Å²) in [5.74, 6) is -1.22. The molecule has 0 aliphatic heterocycles. The highest BCUT2D eigenvalue weighted by atomic mass is 35.5. The average molecular weight is 263 g/mol. The molecule has 6 heteroatoms. The van der Waals surface area contributed by atoms with Crippen molar-refractivity contribution >= 4 is 27.4 Å². The van der Waals surface area contributed by atoms with Crippen LogP contribution in [-0.2, 0) is 19.4 Å². The van der Waals surface area contributed by atoms with Crippen LogP contribution < -0.4 is 0 Å². The Morgan fingerprint density at radius 3 is 2.44 bits per heavy atom. The minimum Gasteiger partial charge on any atom is -0.468 e. The van der Waals surface area contributed by atoms with Gasteiger partial charge in [-0.25, -0.2) is 8.42 Å². The van der Waals surface area contributed by atoms with E-state index in [9.17, 15) is 13.2 Å². The fourth-order valence-corrected chi connectivity index (χ4v) is 2.98. The summed E-state index contributed by atoms with van der Waals surface area (Å²) in [6.45, 7) is 0. The van der Waals surface area contributed by atoms with Crippen molar-refractivity contribution in [3.63, 3.8) is 0 Å². The molecule has 0 aromatic heterocycles. The van der Waals surface area contributed by atoms with Crippen LogP contribution in [-0.4, -0.2) is 32.6 Å². The van der Waals surface area contributed by atoms with Gasteiger partial charge < -0.3 is 4.74 Å². The van der Waals surface area contributed by atoms with Crippen LogP contribution in [0.4, 0.5) is 0 Å².